The van der Waals surface area contributed by atoms with Crippen LogP contribution >= 0.6 is 24.0 Å². The van der Waals surface area contributed by atoms with Crippen LogP contribution in [-0.4, -0.2) is 23.2 Å². The molecule has 29 heavy (non-hydrogen) atoms. The second-order valence-electron chi connectivity index (χ2n) is 7.80. The highest BCUT2D eigenvalue weighted by atomic mass is 127. The number of ether oxygens (including phenoxy) is 1. The summed E-state index contributed by atoms with van der Waals surface area (Å²) in [6.45, 7) is 3.38. The van der Waals surface area contributed by atoms with Gasteiger partial charge >= 0.3 is 0 Å². The molecule has 5 nitrogen and oxygen atoms in total. The molecule has 0 saturated heterocycles. The van der Waals surface area contributed by atoms with Crippen LogP contribution in [0.4, 0.5) is 0 Å². The van der Waals surface area contributed by atoms with Gasteiger partial charge in [-0.3, -0.25) is 0 Å². The van der Waals surface area contributed by atoms with Crippen LogP contribution in [0.1, 0.15) is 56.2 Å². The molecule has 1 atom stereocenters. The summed E-state index contributed by atoms with van der Waals surface area (Å²) in [7, 11) is 0. The Morgan fingerprint density at radius 2 is 1.97 bits per heavy atom. The molecule has 1 heterocycles. The van der Waals surface area contributed by atoms with Crippen LogP contribution in [0.2, 0.25) is 0 Å². The van der Waals surface area contributed by atoms with Gasteiger partial charge in [0.05, 0.1) is 12.6 Å². The monoisotopic (exact) mass is 507 g/mol. The number of fused-ring (bicyclic) bond motifs is 1. The molecular formula is C23H30IN3O2. The number of nitrogens with zero attached hydrogens (tertiary/aromatic N) is 1. The van der Waals surface area contributed by atoms with Crippen LogP contribution in [0.3, 0.4) is 0 Å². The molecule has 1 unspecified atom stereocenters. The van der Waals surface area contributed by atoms with Gasteiger partial charge in [-0.15, -0.1) is 24.0 Å². The zero-order valence-electron chi connectivity index (χ0n) is 16.9. The Bertz CT molecular complexity index is 850. The van der Waals surface area contributed by atoms with E-state index in [2.05, 4.69) is 35.8 Å². The Labute approximate surface area is 190 Å². The summed E-state index contributed by atoms with van der Waals surface area (Å²) >= 11 is 0. The van der Waals surface area contributed by atoms with Crippen molar-refractivity contribution < 1.29 is 9.84 Å². The van der Waals surface area contributed by atoms with Gasteiger partial charge < -0.3 is 20.5 Å². The number of phenols is 1. The van der Waals surface area contributed by atoms with Gasteiger partial charge in [0, 0.05) is 18.5 Å². The lowest BCUT2D eigenvalue weighted by molar-refractivity contribution is 0.0396. The maximum absolute atomic E-state index is 9.68. The minimum absolute atomic E-state index is 0. The summed E-state index contributed by atoms with van der Waals surface area (Å²) in [5.41, 5.74) is 2.13. The first kappa shape index (κ1) is 21.7. The molecule has 0 aromatic heterocycles. The van der Waals surface area contributed by atoms with Crippen LogP contribution in [0.25, 0.3) is 0 Å². The molecule has 2 aliphatic rings. The number of hydrogen-bond acceptors (Lipinski definition) is 3. The summed E-state index contributed by atoms with van der Waals surface area (Å²) in [5, 5.41) is 16.7. The molecule has 0 radical (unpaired) electrons. The molecule has 1 fully saturated rings. The zero-order chi connectivity index (χ0) is 19.4. The van der Waals surface area contributed by atoms with Gasteiger partial charge in [0.2, 0.25) is 0 Å². The summed E-state index contributed by atoms with van der Waals surface area (Å²) in [4.78, 5) is 4.75. The number of guanidine groups is 1. The second-order valence-corrected chi connectivity index (χ2v) is 7.80. The number of aromatic hydroxyl groups is 1. The van der Waals surface area contributed by atoms with Crippen LogP contribution in [0, 0.1) is 0 Å². The molecule has 2 aromatic carbocycles. The topological polar surface area (TPSA) is 65.9 Å². The number of benzene rings is 2. The third-order valence-electron chi connectivity index (χ3n) is 5.70. The third-order valence-corrected chi connectivity index (χ3v) is 5.70. The highest BCUT2D eigenvalue weighted by Crippen LogP contribution is 2.46. The van der Waals surface area contributed by atoms with E-state index in [4.69, 9.17) is 9.73 Å². The Hall–Kier alpha value is -1.96. The van der Waals surface area contributed by atoms with Gasteiger partial charge in [-0.2, -0.15) is 0 Å². The fourth-order valence-corrected chi connectivity index (χ4v) is 4.38. The van der Waals surface area contributed by atoms with E-state index in [0.717, 1.165) is 43.1 Å². The standard InChI is InChI=1S/C23H29N3O2.HI/c1-2-24-22(25-16-17-8-7-9-18(27)14-17)26-20-15-23(12-5-6-13-23)28-21-11-4-3-10-19(20)21;/h3-4,7-11,14,20,27H,2,5-6,12-13,15-16H2,1H3,(H2,24,25,26);1H. The van der Waals surface area contributed by atoms with Gasteiger partial charge in [-0.25, -0.2) is 4.99 Å². The molecule has 0 bridgehead atoms. The Morgan fingerprint density at radius 3 is 2.72 bits per heavy atom. The van der Waals surface area contributed by atoms with Gasteiger partial charge in [0.1, 0.15) is 17.1 Å². The van der Waals surface area contributed by atoms with E-state index >= 15 is 0 Å². The van der Waals surface area contributed by atoms with E-state index in [1.54, 1.807) is 12.1 Å². The number of rotatable bonds is 4. The largest absolute Gasteiger partial charge is 0.508 e. The lowest BCUT2D eigenvalue weighted by Gasteiger charge is -2.40. The quantitative estimate of drug-likeness (QED) is 0.313. The van der Waals surface area contributed by atoms with E-state index in [9.17, 15) is 5.11 Å². The van der Waals surface area contributed by atoms with Crippen LogP contribution in [-0.2, 0) is 6.54 Å². The van der Waals surface area contributed by atoms with E-state index in [1.165, 1.54) is 18.4 Å². The van der Waals surface area contributed by atoms with E-state index in [1.807, 2.05) is 18.2 Å². The van der Waals surface area contributed by atoms with Crippen LogP contribution in [0.5, 0.6) is 11.5 Å². The fourth-order valence-electron chi connectivity index (χ4n) is 4.38. The molecule has 6 heteroatoms. The summed E-state index contributed by atoms with van der Waals surface area (Å²) in [5.74, 6) is 2.06. The molecule has 1 saturated carbocycles. The highest BCUT2D eigenvalue weighted by molar-refractivity contribution is 14.0. The Morgan fingerprint density at radius 1 is 1.17 bits per heavy atom. The van der Waals surface area contributed by atoms with Crippen molar-refractivity contribution in [3.8, 4) is 11.5 Å². The van der Waals surface area contributed by atoms with E-state index < -0.39 is 0 Å². The van der Waals surface area contributed by atoms with Crippen LogP contribution < -0.4 is 15.4 Å². The molecule has 0 amide bonds. The Kier molecular flexibility index (Phi) is 7.27. The maximum Gasteiger partial charge on any atom is 0.192 e. The van der Waals surface area contributed by atoms with E-state index in [-0.39, 0.29) is 41.4 Å². The normalized spacial score (nSPS) is 19.8. The first-order chi connectivity index (χ1) is 13.7. The molecule has 156 valence electrons. The number of hydrogen-bond donors (Lipinski definition) is 3. The number of phenolic OH excluding ortho intramolecular Hbond substituents is 1. The van der Waals surface area contributed by atoms with Crippen molar-refractivity contribution in [2.24, 2.45) is 4.99 Å². The molecule has 1 spiro atoms. The predicted molar refractivity (Wildman–Crippen MR) is 127 cm³/mol. The van der Waals surface area contributed by atoms with Gasteiger partial charge in [0.15, 0.2) is 5.96 Å². The summed E-state index contributed by atoms with van der Waals surface area (Å²) in [6, 6.07) is 15.8. The van der Waals surface area contributed by atoms with Crippen LogP contribution in [0.15, 0.2) is 53.5 Å². The van der Waals surface area contributed by atoms with Crippen molar-refractivity contribution >= 4 is 29.9 Å². The summed E-state index contributed by atoms with van der Waals surface area (Å²) < 4.78 is 6.47. The molecule has 4 rings (SSSR count). The van der Waals surface area contributed by atoms with Crippen molar-refractivity contribution in [2.75, 3.05) is 6.54 Å². The third kappa shape index (κ3) is 5.15. The van der Waals surface area contributed by atoms with Crippen molar-refractivity contribution in [1.29, 1.82) is 0 Å². The van der Waals surface area contributed by atoms with Crippen molar-refractivity contribution in [3.05, 3.63) is 59.7 Å². The van der Waals surface area contributed by atoms with Crippen molar-refractivity contribution in [2.45, 2.75) is 57.2 Å². The first-order valence-corrected chi connectivity index (χ1v) is 10.3. The molecule has 2 aromatic rings. The highest BCUT2D eigenvalue weighted by Gasteiger charge is 2.43. The lowest BCUT2D eigenvalue weighted by Crippen LogP contribution is -2.46. The van der Waals surface area contributed by atoms with Gasteiger partial charge in [0.25, 0.3) is 0 Å². The minimum Gasteiger partial charge on any atom is -0.508 e. The van der Waals surface area contributed by atoms with Crippen molar-refractivity contribution in [3.63, 3.8) is 0 Å². The SMILES string of the molecule is CCNC(=NCc1cccc(O)c1)NC1CC2(CCCC2)Oc2ccccc21.I. The van der Waals surface area contributed by atoms with Gasteiger partial charge in [-0.05, 0) is 56.4 Å². The number of aliphatic imine (C=N–C) groups is 1. The number of nitrogens with one attached hydrogen (secondary N) is 2. The summed E-state index contributed by atoms with van der Waals surface area (Å²) in [6.07, 6.45) is 5.68. The average Bonchev–Trinajstić information content (AvgIpc) is 3.13. The van der Waals surface area contributed by atoms with Gasteiger partial charge in [-0.1, -0.05) is 30.3 Å². The molecule has 1 aliphatic carbocycles. The first-order valence-electron chi connectivity index (χ1n) is 10.3. The smallest absolute Gasteiger partial charge is 0.192 e. The second kappa shape index (κ2) is 9.69. The minimum atomic E-state index is -0.0471. The fraction of sp³-hybridized carbons (Fsp3) is 0.435. The molecule has 3 N–H and O–H groups in total. The average molecular weight is 507 g/mol. The predicted octanol–water partition coefficient (Wildman–Crippen LogP) is 4.90. The lowest BCUT2D eigenvalue weighted by atomic mass is 9.86. The molecular weight excluding hydrogens is 477 g/mol. The Balaban J connectivity index is 0.00000240. The maximum atomic E-state index is 9.68. The zero-order valence-corrected chi connectivity index (χ0v) is 19.2. The molecule has 1 aliphatic heterocycles. The van der Waals surface area contributed by atoms with E-state index in [0.29, 0.717) is 6.54 Å². The number of para-hydroxylation sites is 1. The number of halogens is 1. The van der Waals surface area contributed by atoms with Crippen molar-refractivity contribution in [1.82, 2.24) is 10.6 Å².